The molecule has 1 heterocycles. The quantitative estimate of drug-likeness (QED) is 0.474. The number of amides is 1. The fraction of sp³-hybridized carbons (Fsp3) is 0.200. The van der Waals surface area contributed by atoms with Crippen LogP contribution in [0.5, 0.6) is 0 Å². The van der Waals surface area contributed by atoms with Gasteiger partial charge < -0.3 is 19.9 Å². The van der Waals surface area contributed by atoms with Crippen molar-refractivity contribution in [3.05, 3.63) is 82.8 Å². The summed E-state index contributed by atoms with van der Waals surface area (Å²) >= 11 is 0. The highest BCUT2D eigenvalue weighted by Crippen LogP contribution is 2.43. The lowest BCUT2D eigenvalue weighted by Gasteiger charge is -2.35. The van der Waals surface area contributed by atoms with Crippen molar-refractivity contribution in [2.24, 2.45) is 5.73 Å². The topological polar surface area (TPSA) is 144 Å². The van der Waals surface area contributed by atoms with Crippen LogP contribution in [0.1, 0.15) is 18.4 Å². The Bertz CT molecular complexity index is 1230. The van der Waals surface area contributed by atoms with Crippen LogP contribution in [-0.2, 0) is 23.8 Å². The number of anilines is 2. The molecule has 0 radical (unpaired) electrons. The van der Waals surface area contributed by atoms with E-state index in [-0.39, 0.29) is 29.3 Å². The molecule has 1 atom stereocenters. The molecule has 3 rings (SSSR count). The van der Waals surface area contributed by atoms with Gasteiger partial charge in [0.1, 0.15) is 11.5 Å². The smallest absolute Gasteiger partial charge is 0.411 e. The number of nitriles is 1. The second-order valence-corrected chi connectivity index (χ2v) is 7.23. The third-order valence-electron chi connectivity index (χ3n) is 5.26. The second kappa shape index (κ2) is 10.9. The lowest BCUT2D eigenvalue weighted by atomic mass is 9.81. The van der Waals surface area contributed by atoms with Gasteiger partial charge in [-0.2, -0.15) is 5.26 Å². The van der Waals surface area contributed by atoms with Crippen LogP contribution in [0.25, 0.3) is 0 Å². The van der Waals surface area contributed by atoms with Crippen molar-refractivity contribution in [3.63, 3.8) is 0 Å². The summed E-state index contributed by atoms with van der Waals surface area (Å²) in [5.74, 6) is -2.67. The van der Waals surface area contributed by atoms with Crippen LogP contribution in [-0.4, -0.2) is 38.9 Å². The first-order valence-electron chi connectivity index (χ1n) is 10.6. The summed E-state index contributed by atoms with van der Waals surface area (Å²) in [5, 5.41) is 12.6. The predicted octanol–water partition coefficient (Wildman–Crippen LogP) is 3.15. The van der Waals surface area contributed by atoms with Gasteiger partial charge in [-0.15, -0.1) is 0 Å². The van der Waals surface area contributed by atoms with Gasteiger partial charge in [-0.25, -0.2) is 14.4 Å². The van der Waals surface area contributed by atoms with Crippen LogP contribution in [0.15, 0.2) is 77.3 Å². The maximum Gasteiger partial charge on any atom is 0.411 e. The number of carbonyl (C=O) groups excluding carboxylic acids is 3. The second-order valence-electron chi connectivity index (χ2n) is 7.23. The van der Waals surface area contributed by atoms with Crippen LogP contribution < -0.4 is 16.0 Å². The Labute approximate surface area is 202 Å². The van der Waals surface area contributed by atoms with E-state index >= 15 is 0 Å². The van der Waals surface area contributed by atoms with Gasteiger partial charge in [-0.05, 0) is 36.8 Å². The van der Waals surface area contributed by atoms with E-state index in [0.717, 1.165) is 0 Å². The number of rotatable bonds is 6. The van der Waals surface area contributed by atoms with E-state index in [1.165, 1.54) is 19.1 Å². The minimum atomic E-state index is -0.955. The lowest BCUT2D eigenvalue weighted by molar-refractivity contribution is -0.139. The normalized spacial score (nSPS) is 15.3. The van der Waals surface area contributed by atoms with Crippen LogP contribution in [0, 0.1) is 11.3 Å². The predicted molar refractivity (Wildman–Crippen MR) is 127 cm³/mol. The number of carbonyl (C=O) groups is 3. The lowest BCUT2D eigenvalue weighted by Crippen LogP contribution is -2.40. The first kappa shape index (κ1) is 24.9. The molecule has 1 aliphatic heterocycles. The van der Waals surface area contributed by atoms with Gasteiger partial charge in [0.05, 0.1) is 44.0 Å². The Morgan fingerprint density at radius 2 is 1.66 bits per heavy atom. The largest absolute Gasteiger partial charge is 0.466 e. The fourth-order valence-corrected chi connectivity index (χ4v) is 3.76. The molecule has 180 valence electrons. The maximum absolute atomic E-state index is 13.0. The van der Waals surface area contributed by atoms with Gasteiger partial charge in [-0.1, -0.05) is 30.3 Å². The first-order valence-corrected chi connectivity index (χ1v) is 10.6. The number of hydrogen-bond donors (Lipinski definition) is 2. The van der Waals surface area contributed by atoms with E-state index in [0.29, 0.717) is 16.9 Å². The zero-order valence-electron chi connectivity index (χ0n) is 19.4. The Hall–Kier alpha value is -4.78. The number of ether oxygens (including phenoxy) is 3. The van der Waals surface area contributed by atoms with Crippen LogP contribution in [0.4, 0.5) is 16.2 Å². The summed E-state index contributed by atoms with van der Waals surface area (Å²) in [4.78, 5) is 39.0. The molecule has 1 amide bonds. The summed E-state index contributed by atoms with van der Waals surface area (Å²) in [7, 11) is 2.35. The number of methoxy groups -OCH3 is 2. The van der Waals surface area contributed by atoms with Crippen molar-refractivity contribution in [1.29, 1.82) is 5.26 Å². The van der Waals surface area contributed by atoms with Crippen molar-refractivity contribution in [1.82, 2.24) is 0 Å². The number of nitrogens with zero attached hydrogens (tertiary/aromatic N) is 2. The minimum absolute atomic E-state index is 0.0537. The molecule has 35 heavy (non-hydrogen) atoms. The van der Waals surface area contributed by atoms with Crippen LogP contribution >= 0.6 is 0 Å². The fourth-order valence-electron chi connectivity index (χ4n) is 3.76. The average Bonchev–Trinajstić information content (AvgIpc) is 2.88. The molecule has 3 N–H and O–H groups in total. The van der Waals surface area contributed by atoms with E-state index in [4.69, 9.17) is 19.9 Å². The first-order chi connectivity index (χ1) is 16.9. The molecule has 10 nitrogen and oxygen atoms in total. The summed E-state index contributed by atoms with van der Waals surface area (Å²) in [6.45, 7) is 1.89. The number of nitrogens with two attached hydrogens (primary N) is 1. The number of hydrogen-bond acceptors (Lipinski definition) is 9. The molecule has 1 aliphatic rings. The molecule has 0 fully saturated rings. The monoisotopic (exact) mass is 476 g/mol. The number of allylic oxidation sites excluding steroid dienone is 1. The highest BCUT2D eigenvalue weighted by Gasteiger charge is 2.42. The Morgan fingerprint density at radius 1 is 1.03 bits per heavy atom. The Morgan fingerprint density at radius 3 is 2.20 bits per heavy atom. The highest BCUT2D eigenvalue weighted by molar-refractivity contribution is 6.06. The summed E-state index contributed by atoms with van der Waals surface area (Å²) < 4.78 is 14.9. The van der Waals surface area contributed by atoms with E-state index in [2.05, 4.69) is 11.4 Å². The number of benzene rings is 2. The molecule has 2 aromatic carbocycles. The van der Waals surface area contributed by atoms with Crippen molar-refractivity contribution >= 4 is 29.4 Å². The SMILES string of the molecule is CCOC(=O)Nc1ccc(N2C(N)=C(C#N)C(c3ccccc3)C(C(=O)OC)=C2C(=O)OC)cc1. The molecule has 0 spiro atoms. The third-order valence-corrected chi connectivity index (χ3v) is 5.26. The van der Waals surface area contributed by atoms with Gasteiger partial charge in [0.25, 0.3) is 0 Å². The van der Waals surface area contributed by atoms with Crippen molar-refractivity contribution in [2.45, 2.75) is 12.8 Å². The van der Waals surface area contributed by atoms with Crippen molar-refractivity contribution in [3.8, 4) is 6.07 Å². The van der Waals surface area contributed by atoms with E-state index in [1.807, 2.05) is 0 Å². The van der Waals surface area contributed by atoms with Crippen LogP contribution in [0.3, 0.4) is 0 Å². The van der Waals surface area contributed by atoms with Gasteiger partial charge >= 0.3 is 18.0 Å². The standard InChI is InChI=1S/C25H24N4O6/c1-4-35-25(32)28-16-10-12-17(13-11-16)29-21(24(31)34-3)20(23(30)33-2)19(18(14-26)22(29)27)15-8-6-5-7-9-15/h5-13,19H,4,27H2,1-3H3,(H,28,32). The maximum atomic E-state index is 13.0. The zero-order valence-corrected chi connectivity index (χ0v) is 19.4. The highest BCUT2D eigenvalue weighted by atomic mass is 16.5. The zero-order chi connectivity index (χ0) is 25.5. The molecule has 0 bridgehead atoms. The van der Waals surface area contributed by atoms with Gasteiger partial charge in [0.15, 0.2) is 0 Å². The molecule has 0 saturated carbocycles. The summed E-state index contributed by atoms with van der Waals surface area (Å²) in [6.07, 6.45) is -0.627. The Balaban J connectivity index is 2.22. The molecular weight excluding hydrogens is 452 g/mol. The minimum Gasteiger partial charge on any atom is -0.466 e. The molecule has 10 heteroatoms. The number of nitrogens with one attached hydrogen (secondary N) is 1. The van der Waals surface area contributed by atoms with Crippen LogP contribution in [0.2, 0.25) is 0 Å². The van der Waals surface area contributed by atoms with Gasteiger partial charge in [0.2, 0.25) is 0 Å². The summed E-state index contributed by atoms with van der Waals surface area (Å²) in [6, 6.07) is 17.0. The Kier molecular flexibility index (Phi) is 7.74. The number of esters is 2. The summed E-state index contributed by atoms with van der Waals surface area (Å²) in [5.41, 5.74) is 7.55. The molecule has 1 unspecified atom stereocenters. The van der Waals surface area contributed by atoms with E-state index in [1.54, 1.807) is 61.5 Å². The van der Waals surface area contributed by atoms with Crippen molar-refractivity contribution in [2.75, 3.05) is 31.0 Å². The van der Waals surface area contributed by atoms with Gasteiger partial charge in [0, 0.05) is 11.4 Å². The van der Waals surface area contributed by atoms with E-state index in [9.17, 15) is 19.6 Å². The molecule has 0 aromatic heterocycles. The van der Waals surface area contributed by atoms with Gasteiger partial charge in [-0.3, -0.25) is 10.2 Å². The molecular formula is C25H24N4O6. The average molecular weight is 476 g/mol. The molecule has 0 aliphatic carbocycles. The molecule has 2 aromatic rings. The molecule has 0 saturated heterocycles. The van der Waals surface area contributed by atoms with Crippen molar-refractivity contribution < 1.29 is 28.6 Å². The van der Waals surface area contributed by atoms with E-state index < -0.39 is 23.9 Å². The third kappa shape index (κ3) is 4.94.